The van der Waals surface area contributed by atoms with Gasteiger partial charge in [0.15, 0.2) is 20.4 Å². The summed E-state index contributed by atoms with van der Waals surface area (Å²) in [7, 11) is -1.81. The molecule has 180 valence electrons. The predicted octanol–water partition coefficient (Wildman–Crippen LogP) is 4.13. The minimum absolute atomic E-state index is 0.0513. The standard InChI is InChI=1S/C24H26ClN3O4S2/c1-16(29)26-24-27(2)15-23(33-24)28-11-4-3-5-21(28)22(30)10-12-34(31,32)20-9-7-17-13-19(25)8-6-18(17)14-20/h6-9,13-15,21H,3-5,10-12H2,1-2H3. The number of carbonyl (C=O) groups excluding carboxylic acids is 2. The summed E-state index contributed by atoms with van der Waals surface area (Å²) in [5, 5.41) is 3.09. The normalized spacial score (nSPS) is 17.3. The molecule has 1 aliphatic heterocycles. The smallest absolute Gasteiger partial charge is 0.245 e. The number of benzene rings is 2. The minimum atomic E-state index is -3.62. The molecule has 34 heavy (non-hydrogen) atoms. The van der Waals surface area contributed by atoms with Crippen molar-refractivity contribution in [3.8, 4) is 0 Å². The van der Waals surface area contributed by atoms with Gasteiger partial charge in [0.05, 0.1) is 16.7 Å². The van der Waals surface area contributed by atoms with E-state index in [1.54, 1.807) is 41.0 Å². The van der Waals surface area contributed by atoms with Gasteiger partial charge in [-0.05, 0) is 54.3 Å². The van der Waals surface area contributed by atoms with Gasteiger partial charge in [-0.2, -0.15) is 4.99 Å². The van der Waals surface area contributed by atoms with E-state index in [-0.39, 0.29) is 34.8 Å². The number of ketones is 1. The van der Waals surface area contributed by atoms with Gasteiger partial charge in [-0.25, -0.2) is 8.42 Å². The SMILES string of the molecule is CC(=O)N=c1sc(N2CCCCC2C(=O)CCS(=O)(=O)c2ccc3cc(Cl)ccc3c2)cn1C. The van der Waals surface area contributed by atoms with Gasteiger partial charge in [0.1, 0.15) is 5.00 Å². The Bertz CT molecular complexity index is 1430. The Balaban J connectivity index is 1.51. The molecule has 2 heterocycles. The van der Waals surface area contributed by atoms with Crippen molar-refractivity contribution in [2.24, 2.45) is 12.0 Å². The first-order valence-corrected chi connectivity index (χ1v) is 13.9. The molecule has 1 unspecified atom stereocenters. The van der Waals surface area contributed by atoms with E-state index in [1.807, 2.05) is 18.1 Å². The van der Waals surface area contributed by atoms with Gasteiger partial charge in [0.2, 0.25) is 5.91 Å². The third-order valence-corrected chi connectivity index (χ3v) is 9.02. The Labute approximate surface area is 207 Å². The third-order valence-electron chi connectivity index (χ3n) is 5.96. The summed E-state index contributed by atoms with van der Waals surface area (Å²) in [6, 6.07) is 9.84. The lowest BCUT2D eigenvalue weighted by Gasteiger charge is -2.35. The highest BCUT2D eigenvalue weighted by molar-refractivity contribution is 7.91. The molecule has 2 aromatic carbocycles. The van der Waals surface area contributed by atoms with Crippen LogP contribution in [0.25, 0.3) is 10.8 Å². The molecule has 0 saturated carbocycles. The van der Waals surface area contributed by atoms with Crippen LogP contribution in [0, 0.1) is 0 Å². The Hall–Kier alpha value is -2.49. The number of aryl methyl sites for hydroxylation is 1. The van der Waals surface area contributed by atoms with Gasteiger partial charge in [0.25, 0.3) is 0 Å². The summed E-state index contributed by atoms with van der Waals surface area (Å²) in [4.78, 5) is 31.4. The zero-order chi connectivity index (χ0) is 24.5. The van der Waals surface area contributed by atoms with Crippen molar-refractivity contribution in [2.45, 2.75) is 43.5 Å². The Morgan fingerprint density at radius 1 is 1.15 bits per heavy atom. The van der Waals surface area contributed by atoms with Crippen molar-refractivity contribution in [1.29, 1.82) is 0 Å². The molecule has 1 saturated heterocycles. The topological polar surface area (TPSA) is 88.8 Å². The quantitative estimate of drug-likeness (QED) is 0.488. The molecule has 7 nitrogen and oxygen atoms in total. The number of carbonyl (C=O) groups is 2. The van der Waals surface area contributed by atoms with E-state index in [9.17, 15) is 18.0 Å². The number of thiazole rings is 1. The van der Waals surface area contributed by atoms with E-state index < -0.39 is 9.84 Å². The van der Waals surface area contributed by atoms with Crippen LogP contribution in [-0.4, -0.2) is 43.0 Å². The van der Waals surface area contributed by atoms with Crippen LogP contribution >= 0.6 is 22.9 Å². The molecule has 1 amide bonds. The largest absolute Gasteiger partial charge is 0.352 e. The number of Topliss-reactive ketones (excluding diaryl/α,β-unsaturated/α-hetero) is 1. The number of amides is 1. The summed E-state index contributed by atoms with van der Waals surface area (Å²) in [6.45, 7) is 2.11. The van der Waals surface area contributed by atoms with E-state index in [0.717, 1.165) is 28.6 Å². The van der Waals surface area contributed by atoms with Gasteiger partial charge < -0.3 is 9.47 Å². The molecule has 3 aromatic rings. The Morgan fingerprint density at radius 2 is 1.88 bits per heavy atom. The molecule has 10 heteroatoms. The molecular formula is C24H26ClN3O4S2. The average molecular weight is 520 g/mol. The lowest BCUT2D eigenvalue weighted by atomic mass is 9.97. The molecule has 1 atom stereocenters. The first-order chi connectivity index (χ1) is 16.1. The molecule has 0 spiro atoms. The summed E-state index contributed by atoms with van der Waals surface area (Å²) in [5.41, 5.74) is 0. The van der Waals surface area contributed by atoms with Crippen molar-refractivity contribution in [1.82, 2.24) is 4.57 Å². The van der Waals surface area contributed by atoms with Gasteiger partial charge in [-0.1, -0.05) is 35.1 Å². The number of aromatic nitrogens is 1. The maximum atomic E-state index is 13.2. The fourth-order valence-electron chi connectivity index (χ4n) is 4.22. The number of anilines is 1. The average Bonchev–Trinajstić information content (AvgIpc) is 3.16. The van der Waals surface area contributed by atoms with Crippen LogP contribution in [0.5, 0.6) is 0 Å². The first-order valence-electron chi connectivity index (χ1n) is 11.1. The van der Waals surface area contributed by atoms with E-state index in [0.29, 0.717) is 22.8 Å². The van der Waals surface area contributed by atoms with Crippen LogP contribution in [-0.2, 0) is 26.5 Å². The van der Waals surface area contributed by atoms with E-state index in [1.165, 1.54) is 18.3 Å². The molecule has 0 bridgehead atoms. The summed E-state index contributed by atoms with van der Waals surface area (Å²) >= 11 is 7.37. The second kappa shape index (κ2) is 10.0. The summed E-state index contributed by atoms with van der Waals surface area (Å²) in [5.74, 6) is -0.604. The molecule has 1 fully saturated rings. The molecule has 1 aliphatic rings. The van der Waals surface area contributed by atoms with Crippen LogP contribution in [0.1, 0.15) is 32.6 Å². The number of piperidine rings is 1. The molecule has 4 rings (SSSR count). The van der Waals surface area contributed by atoms with Crippen molar-refractivity contribution in [2.75, 3.05) is 17.2 Å². The van der Waals surface area contributed by atoms with Crippen molar-refractivity contribution < 1.29 is 18.0 Å². The molecular weight excluding hydrogens is 494 g/mol. The Kier molecular flexibility index (Phi) is 7.25. The van der Waals surface area contributed by atoms with Crippen LogP contribution in [0.3, 0.4) is 0 Å². The fraction of sp³-hybridized carbons (Fsp3) is 0.375. The highest BCUT2D eigenvalue weighted by Crippen LogP contribution is 2.29. The van der Waals surface area contributed by atoms with Gasteiger partial charge in [-0.15, -0.1) is 0 Å². The lowest BCUT2D eigenvalue weighted by molar-refractivity contribution is -0.120. The van der Waals surface area contributed by atoms with Crippen molar-refractivity contribution >= 4 is 60.2 Å². The predicted molar refractivity (Wildman–Crippen MR) is 135 cm³/mol. The highest BCUT2D eigenvalue weighted by atomic mass is 35.5. The van der Waals surface area contributed by atoms with Gasteiger partial charge >= 0.3 is 0 Å². The van der Waals surface area contributed by atoms with Crippen LogP contribution in [0.2, 0.25) is 5.02 Å². The van der Waals surface area contributed by atoms with E-state index in [4.69, 9.17) is 11.6 Å². The maximum absolute atomic E-state index is 13.2. The number of hydrogen-bond donors (Lipinski definition) is 0. The second-order valence-electron chi connectivity index (χ2n) is 8.49. The van der Waals surface area contributed by atoms with E-state index in [2.05, 4.69) is 4.99 Å². The summed E-state index contributed by atoms with van der Waals surface area (Å²) < 4.78 is 27.8. The maximum Gasteiger partial charge on any atom is 0.245 e. The number of halogens is 1. The van der Waals surface area contributed by atoms with Crippen LogP contribution in [0.4, 0.5) is 5.00 Å². The van der Waals surface area contributed by atoms with Crippen LogP contribution < -0.4 is 9.70 Å². The Morgan fingerprint density at radius 3 is 2.65 bits per heavy atom. The number of hydrogen-bond acceptors (Lipinski definition) is 6. The van der Waals surface area contributed by atoms with E-state index >= 15 is 0 Å². The first kappa shape index (κ1) is 24.6. The number of sulfone groups is 1. The van der Waals surface area contributed by atoms with Crippen molar-refractivity contribution in [3.05, 3.63) is 52.4 Å². The zero-order valence-corrected chi connectivity index (χ0v) is 21.4. The molecule has 0 aliphatic carbocycles. The van der Waals surface area contributed by atoms with Gasteiger partial charge in [-0.3, -0.25) is 9.59 Å². The van der Waals surface area contributed by atoms with Crippen LogP contribution in [0.15, 0.2) is 52.5 Å². The van der Waals surface area contributed by atoms with Crippen molar-refractivity contribution in [3.63, 3.8) is 0 Å². The number of nitrogens with zero attached hydrogens (tertiary/aromatic N) is 3. The molecule has 0 radical (unpaired) electrons. The fourth-order valence-corrected chi connectivity index (χ4v) is 6.79. The number of fused-ring (bicyclic) bond motifs is 1. The molecule has 0 N–H and O–H groups in total. The summed E-state index contributed by atoms with van der Waals surface area (Å²) in [6.07, 6.45) is 4.36. The number of rotatable bonds is 6. The molecule has 1 aromatic heterocycles. The second-order valence-corrected chi connectivity index (χ2v) is 12.0. The zero-order valence-electron chi connectivity index (χ0n) is 19.0. The lowest BCUT2D eigenvalue weighted by Crippen LogP contribution is -2.45. The van der Waals surface area contributed by atoms with Gasteiger partial charge in [0, 0.05) is 38.2 Å². The minimum Gasteiger partial charge on any atom is -0.352 e. The monoisotopic (exact) mass is 519 g/mol. The third kappa shape index (κ3) is 5.42. The highest BCUT2D eigenvalue weighted by Gasteiger charge is 2.31.